The number of halogens is 3. The number of benzene rings is 1. The lowest BCUT2D eigenvalue weighted by atomic mass is 10.0. The molecule has 1 atom stereocenters. The standard InChI is InChI=1S/C14H21BrN2O2.2ClH/c1-10(17-6-4-16-5-7-17)11-8-14(19-3)12(15)9-13(11)18-2;;/h8-10,16H,4-7H2,1-3H3;2*1H/t10-;;/m0../s1. The normalized spacial score (nSPS) is 16.4. The SMILES string of the molecule is COc1cc([C@H](C)N2CCNCC2)c(OC)cc1Br.Cl.Cl. The van der Waals surface area contributed by atoms with E-state index in [1.54, 1.807) is 14.2 Å². The summed E-state index contributed by atoms with van der Waals surface area (Å²) in [6.45, 7) is 6.42. The number of hydrogen-bond acceptors (Lipinski definition) is 4. The Hall–Kier alpha value is -0.200. The minimum atomic E-state index is 0. The number of piperazine rings is 1. The molecule has 1 saturated heterocycles. The van der Waals surface area contributed by atoms with Crippen LogP contribution >= 0.6 is 40.7 Å². The van der Waals surface area contributed by atoms with Gasteiger partial charge in [0.15, 0.2) is 0 Å². The van der Waals surface area contributed by atoms with Gasteiger partial charge >= 0.3 is 0 Å². The van der Waals surface area contributed by atoms with E-state index in [9.17, 15) is 0 Å². The summed E-state index contributed by atoms with van der Waals surface area (Å²) in [5, 5.41) is 3.38. The summed E-state index contributed by atoms with van der Waals surface area (Å²) in [5.41, 5.74) is 1.17. The van der Waals surface area contributed by atoms with Gasteiger partial charge in [-0.2, -0.15) is 0 Å². The molecule has 2 rings (SSSR count). The van der Waals surface area contributed by atoms with Gasteiger partial charge in [-0.15, -0.1) is 24.8 Å². The van der Waals surface area contributed by atoms with Crippen LogP contribution in [-0.2, 0) is 0 Å². The van der Waals surface area contributed by atoms with Gasteiger partial charge in [-0.25, -0.2) is 0 Å². The number of methoxy groups -OCH3 is 2. The Morgan fingerprint density at radius 3 is 2.19 bits per heavy atom. The van der Waals surface area contributed by atoms with Crippen molar-refractivity contribution in [3.63, 3.8) is 0 Å². The molecule has 1 aliphatic rings. The van der Waals surface area contributed by atoms with Crippen LogP contribution in [0.15, 0.2) is 16.6 Å². The third kappa shape index (κ3) is 4.89. The molecule has 4 nitrogen and oxygen atoms in total. The van der Waals surface area contributed by atoms with E-state index in [2.05, 4.69) is 39.1 Å². The van der Waals surface area contributed by atoms with E-state index in [1.807, 2.05) is 6.07 Å². The number of nitrogens with zero attached hydrogens (tertiary/aromatic N) is 1. The second kappa shape index (κ2) is 9.74. The fourth-order valence-electron chi connectivity index (χ4n) is 2.48. The third-order valence-electron chi connectivity index (χ3n) is 3.65. The highest BCUT2D eigenvalue weighted by atomic mass is 79.9. The van der Waals surface area contributed by atoms with Crippen molar-refractivity contribution in [2.45, 2.75) is 13.0 Å². The van der Waals surface area contributed by atoms with Crippen molar-refractivity contribution in [1.29, 1.82) is 0 Å². The molecule has 1 aromatic rings. The van der Waals surface area contributed by atoms with Gasteiger partial charge in [-0.3, -0.25) is 4.90 Å². The van der Waals surface area contributed by atoms with Gasteiger partial charge < -0.3 is 14.8 Å². The lowest BCUT2D eigenvalue weighted by Crippen LogP contribution is -2.44. The summed E-state index contributed by atoms with van der Waals surface area (Å²) in [4.78, 5) is 2.46. The van der Waals surface area contributed by atoms with E-state index in [1.165, 1.54) is 5.56 Å². The first-order valence-corrected chi connectivity index (χ1v) is 7.33. The van der Waals surface area contributed by atoms with E-state index < -0.39 is 0 Å². The average Bonchev–Trinajstić information content (AvgIpc) is 2.47. The van der Waals surface area contributed by atoms with Crippen molar-refractivity contribution in [2.24, 2.45) is 0 Å². The smallest absolute Gasteiger partial charge is 0.133 e. The predicted molar refractivity (Wildman–Crippen MR) is 94.6 cm³/mol. The molecule has 1 heterocycles. The van der Waals surface area contributed by atoms with Gasteiger partial charge in [0.05, 0.1) is 18.7 Å². The Morgan fingerprint density at radius 1 is 1.10 bits per heavy atom. The van der Waals surface area contributed by atoms with Crippen LogP contribution in [0.2, 0.25) is 0 Å². The molecule has 0 amide bonds. The van der Waals surface area contributed by atoms with Crippen LogP contribution in [-0.4, -0.2) is 45.3 Å². The summed E-state index contributed by atoms with van der Waals surface area (Å²) < 4.78 is 11.8. The molecular formula is C14H23BrCl2N2O2. The summed E-state index contributed by atoms with van der Waals surface area (Å²) in [7, 11) is 3.40. The van der Waals surface area contributed by atoms with Crippen LogP contribution in [0.1, 0.15) is 18.5 Å². The zero-order chi connectivity index (χ0) is 13.8. The first-order chi connectivity index (χ1) is 9.17. The topological polar surface area (TPSA) is 33.7 Å². The number of nitrogens with one attached hydrogen (secondary N) is 1. The number of hydrogen-bond donors (Lipinski definition) is 1. The Kier molecular flexibility index (Phi) is 9.65. The molecule has 7 heteroatoms. The number of ether oxygens (including phenoxy) is 2. The third-order valence-corrected chi connectivity index (χ3v) is 4.27. The highest BCUT2D eigenvalue weighted by Gasteiger charge is 2.22. The Labute approximate surface area is 147 Å². The van der Waals surface area contributed by atoms with Gasteiger partial charge in [-0.05, 0) is 35.0 Å². The lowest BCUT2D eigenvalue weighted by molar-refractivity contribution is 0.182. The summed E-state index contributed by atoms with van der Waals surface area (Å²) in [6.07, 6.45) is 0. The molecule has 1 N–H and O–H groups in total. The Bertz CT molecular complexity index is 443. The Balaban J connectivity index is 0.00000200. The maximum Gasteiger partial charge on any atom is 0.133 e. The van der Waals surface area contributed by atoms with Crippen molar-refractivity contribution in [3.05, 3.63) is 22.2 Å². The molecule has 1 fully saturated rings. The molecule has 0 bridgehead atoms. The maximum absolute atomic E-state index is 5.51. The molecule has 0 aliphatic carbocycles. The molecule has 1 aliphatic heterocycles. The van der Waals surface area contributed by atoms with Crippen LogP contribution in [0.5, 0.6) is 11.5 Å². The quantitative estimate of drug-likeness (QED) is 0.839. The van der Waals surface area contributed by atoms with Gasteiger partial charge in [0, 0.05) is 37.8 Å². The van der Waals surface area contributed by atoms with Crippen molar-refractivity contribution in [3.8, 4) is 11.5 Å². The van der Waals surface area contributed by atoms with E-state index in [4.69, 9.17) is 9.47 Å². The number of rotatable bonds is 4. The Morgan fingerprint density at radius 2 is 1.67 bits per heavy atom. The molecule has 0 spiro atoms. The molecule has 0 saturated carbocycles. The van der Waals surface area contributed by atoms with E-state index in [-0.39, 0.29) is 24.8 Å². The highest BCUT2D eigenvalue weighted by Crippen LogP contribution is 2.37. The molecule has 1 aromatic carbocycles. The fourth-order valence-corrected chi connectivity index (χ4v) is 2.96. The van der Waals surface area contributed by atoms with Crippen molar-refractivity contribution in [1.82, 2.24) is 10.2 Å². The van der Waals surface area contributed by atoms with Crippen LogP contribution in [0.25, 0.3) is 0 Å². The van der Waals surface area contributed by atoms with Crippen molar-refractivity contribution >= 4 is 40.7 Å². The average molecular weight is 402 g/mol. The summed E-state index contributed by atoms with van der Waals surface area (Å²) in [6, 6.07) is 4.36. The lowest BCUT2D eigenvalue weighted by Gasteiger charge is -2.33. The van der Waals surface area contributed by atoms with Gasteiger partial charge in [0.1, 0.15) is 11.5 Å². The molecule has 0 unspecified atom stereocenters. The zero-order valence-electron chi connectivity index (χ0n) is 12.5. The summed E-state index contributed by atoms with van der Waals surface area (Å²) in [5.74, 6) is 1.75. The largest absolute Gasteiger partial charge is 0.496 e. The molecule has 122 valence electrons. The minimum Gasteiger partial charge on any atom is -0.496 e. The zero-order valence-corrected chi connectivity index (χ0v) is 15.7. The van der Waals surface area contributed by atoms with Crippen molar-refractivity contribution < 1.29 is 9.47 Å². The first kappa shape index (κ1) is 20.8. The first-order valence-electron chi connectivity index (χ1n) is 6.53. The molecular weight excluding hydrogens is 379 g/mol. The van der Waals surface area contributed by atoms with E-state index in [0.29, 0.717) is 6.04 Å². The van der Waals surface area contributed by atoms with Crippen LogP contribution < -0.4 is 14.8 Å². The highest BCUT2D eigenvalue weighted by molar-refractivity contribution is 9.10. The predicted octanol–water partition coefficient (Wildman–Crippen LogP) is 3.28. The van der Waals surface area contributed by atoms with Gasteiger partial charge in [-0.1, -0.05) is 0 Å². The summed E-state index contributed by atoms with van der Waals surface area (Å²) >= 11 is 3.50. The molecule has 21 heavy (non-hydrogen) atoms. The van der Waals surface area contributed by atoms with E-state index >= 15 is 0 Å². The van der Waals surface area contributed by atoms with Crippen LogP contribution in [0.3, 0.4) is 0 Å². The van der Waals surface area contributed by atoms with E-state index in [0.717, 1.165) is 42.2 Å². The van der Waals surface area contributed by atoms with Crippen LogP contribution in [0.4, 0.5) is 0 Å². The van der Waals surface area contributed by atoms with Gasteiger partial charge in [0.25, 0.3) is 0 Å². The monoisotopic (exact) mass is 400 g/mol. The van der Waals surface area contributed by atoms with Gasteiger partial charge in [0.2, 0.25) is 0 Å². The minimum absolute atomic E-state index is 0. The fraction of sp³-hybridized carbons (Fsp3) is 0.571. The maximum atomic E-state index is 5.51. The molecule has 0 radical (unpaired) electrons. The second-order valence-corrected chi connectivity index (χ2v) is 5.54. The van der Waals surface area contributed by atoms with Crippen molar-refractivity contribution in [2.75, 3.05) is 40.4 Å². The molecule has 0 aromatic heterocycles. The second-order valence-electron chi connectivity index (χ2n) is 4.69. The van der Waals surface area contributed by atoms with Crippen LogP contribution in [0, 0.1) is 0 Å².